The predicted molar refractivity (Wildman–Crippen MR) is 133 cm³/mol. The molecule has 4 aromatic rings. The van der Waals surface area contributed by atoms with Crippen LogP contribution in [0.25, 0.3) is 22.2 Å². The van der Waals surface area contributed by atoms with Crippen LogP contribution in [-0.4, -0.2) is 45.2 Å². The molecule has 0 spiro atoms. The topological polar surface area (TPSA) is 119 Å². The van der Waals surface area contributed by atoms with Crippen molar-refractivity contribution in [3.8, 4) is 16.9 Å². The van der Waals surface area contributed by atoms with Gasteiger partial charge >= 0.3 is 6.18 Å². The van der Waals surface area contributed by atoms with Crippen molar-refractivity contribution in [2.24, 2.45) is 11.7 Å². The summed E-state index contributed by atoms with van der Waals surface area (Å²) < 4.78 is 44.0. The molecule has 0 aliphatic carbocycles. The van der Waals surface area contributed by atoms with E-state index in [0.29, 0.717) is 35.6 Å². The molecule has 8 nitrogen and oxygen atoms in total. The Bertz CT molecular complexity index is 1370. The zero-order chi connectivity index (χ0) is 26.6. The SMILES string of the molecule is CC(C)C(N)(C(=O)NCC(F)(F)F)c1cncc(-c2c[nH]c3ncc(OCCc4ccccn4)cc23)c1. The fraction of sp³-hybridized carbons (Fsp3) is 0.308. The number of rotatable bonds is 9. The van der Waals surface area contributed by atoms with Gasteiger partial charge in [0.1, 0.15) is 23.5 Å². The molecular weight excluding hydrogens is 485 g/mol. The third kappa shape index (κ3) is 5.88. The van der Waals surface area contributed by atoms with Gasteiger partial charge in [-0.25, -0.2) is 4.98 Å². The maximum atomic E-state index is 12.8. The second kappa shape index (κ2) is 10.6. The number of aromatic amines is 1. The molecule has 0 fully saturated rings. The van der Waals surface area contributed by atoms with Crippen molar-refractivity contribution in [2.45, 2.75) is 32.0 Å². The fourth-order valence-corrected chi connectivity index (χ4v) is 3.99. The maximum Gasteiger partial charge on any atom is 0.405 e. The number of H-pyrrole nitrogens is 1. The molecule has 0 aliphatic rings. The molecule has 1 amide bonds. The van der Waals surface area contributed by atoms with E-state index in [9.17, 15) is 18.0 Å². The normalized spacial score (nSPS) is 13.5. The molecule has 4 aromatic heterocycles. The second-order valence-electron chi connectivity index (χ2n) is 8.97. The first-order valence-corrected chi connectivity index (χ1v) is 11.7. The van der Waals surface area contributed by atoms with Crippen LogP contribution in [-0.2, 0) is 16.8 Å². The molecule has 194 valence electrons. The predicted octanol–water partition coefficient (Wildman–Crippen LogP) is 4.13. The number of carbonyl (C=O) groups is 1. The van der Waals surface area contributed by atoms with Crippen molar-refractivity contribution in [1.82, 2.24) is 25.3 Å². The van der Waals surface area contributed by atoms with Gasteiger partial charge in [-0.15, -0.1) is 0 Å². The van der Waals surface area contributed by atoms with Gasteiger partial charge in [0.15, 0.2) is 0 Å². The third-order valence-corrected chi connectivity index (χ3v) is 6.12. The van der Waals surface area contributed by atoms with Gasteiger partial charge in [-0.2, -0.15) is 13.2 Å². The Morgan fingerprint density at radius 1 is 1.16 bits per heavy atom. The Morgan fingerprint density at radius 3 is 2.68 bits per heavy atom. The molecule has 0 aliphatic heterocycles. The van der Waals surface area contributed by atoms with Crippen molar-refractivity contribution < 1.29 is 22.7 Å². The van der Waals surface area contributed by atoms with Crippen LogP contribution in [0, 0.1) is 5.92 Å². The van der Waals surface area contributed by atoms with E-state index in [1.807, 2.05) is 29.6 Å². The van der Waals surface area contributed by atoms with Gasteiger partial charge in [-0.3, -0.25) is 14.8 Å². The summed E-state index contributed by atoms with van der Waals surface area (Å²) in [6, 6.07) is 9.20. The highest BCUT2D eigenvalue weighted by Gasteiger charge is 2.41. The summed E-state index contributed by atoms with van der Waals surface area (Å²) >= 11 is 0. The second-order valence-corrected chi connectivity index (χ2v) is 8.97. The molecule has 11 heteroatoms. The minimum absolute atomic E-state index is 0.296. The molecule has 4 N–H and O–H groups in total. The van der Waals surface area contributed by atoms with E-state index in [4.69, 9.17) is 10.5 Å². The van der Waals surface area contributed by atoms with Gasteiger partial charge in [-0.05, 0) is 30.2 Å². The Labute approximate surface area is 211 Å². The number of halogens is 3. The van der Waals surface area contributed by atoms with Crippen molar-refractivity contribution in [1.29, 1.82) is 0 Å². The molecule has 0 saturated heterocycles. The smallest absolute Gasteiger partial charge is 0.405 e. The van der Waals surface area contributed by atoms with Crippen LogP contribution in [0.5, 0.6) is 5.75 Å². The van der Waals surface area contributed by atoms with E-state index in [1.165, 1.54) is 6.20 Å². The molecular formula is C26H27F3N6O2. The van der Waals surface area contributed by atoms with Gasteiger partial charge in [0, 0.05) is 59.0 Å². The molecule has 0 bridgehead atoms. The Morgan fingerprint density at radius 2 is 1.97 bits per heavy atom. The number of ether oxygens (including phenoxy) is 1. The van der Waals surface area contributed by atoms with E-state index in [1.54, 1.807) is 44.7 Å². The van der Waals surface area contributed by atoms with Crippen LogP contribution < -0.4 is 15.8 Å². The zero-order valence-electron chi connectivity index (χ0n) is 20.3. The first kappa shape index (κ1) is 26.1. The van der Waals surface area contributed by atoms with Gasteiger partial charge in [0.2, 0.25) is 5.91 Å². The number of carbonyl (C=O) groups excluding carboxylic acids is 1. The van der Waals surface area contributed by atoms with Crippen LogP contribution >= 0.6 is 0 Å². The lowest BCUT2D eigenvalue weighted by Crippen LogP contribution is -2.56. The highest BCUT2D eigenvalue weighted by atomic mass is 19.4. The van der Waals surface area contributed by atoms with E-state index in [0.717, 1.165) is 16.6 Å². The minimum atomic E-state index is -4.55. The number of amides is 1. The lowest BCUT2D eigenvalue weighted by molar-refractivity contribution is -0.143. The van der Waals surface area contributed by atoms with E-state index < -0.39 is 30.1 Å². The molecule has 0 saturated carbocycles. The summed E-state index contributed by atoms with van der Waals surface area (Å²) in [4.78, 5) is 28.8. The van der Waals surface area contributed by atoms with Gasteiger partial charge in [0.25, 0.3) is 0 Å². The van der Waals surface area contributed by atoms with Crippen molar-refractivity contribution in [2.75, 3.05) is 13.2 Å². The molecule has 0 radical (unpaired) electrons. The highest BCUT2D eigenvalue weighted by molar-refractivity contribution is 5.95. The molecule has 37 heavy (non-hydrogen) atoms. The highest BCUT2D eigenvalue weighted by Crippen LogP contribution is 2.34. The van der Waals surface area contributed by atoms with Crippen molar-refractivity contribution in [3.63, 3.8) is 0 Å². The summed E-state index contributed by atoms with van der Waals surface area (Å²) in [5, 5.41) is 2.66. The number of hydrogen-bond donors (Lipinski definition) is 3. The number of aromatic nitrogens is 4. The standard InChI is InChI=1S/C26H27F3N6O2/c1-16(2)26(30,24(36)35-15-25(27,28)29)18-9-17(11-31-12-18)22-14-34-23-21(22)10-20(13-33-23)37-8-6-19-5-3-4-7-32-19/h3-5,7,9-14,16H,6,8,15,30H2,1-2H3,(H,33,34)(H,35,36). The monoisotopic (exact) mass is 512 g/mol. The minimum Gasteiger partial charge on any atom is -0.492 e. The van der Waals surface area contributed by atoms with Crippen LogP contribution in [0.2, 0.25) is 0 Å². The lowest BCUT2D eigenvalue weighted by Gasteiger charge is -2.32. The number of fused-ring (bicyclic) bond motifs is 1. The number of nitrogens with two attached hydrogens (primary N) is 1. The van der Waals surface area contributed by atoms with Gasteiger partial charge in [0.05, 0.1) is 12.8 Å². The fourth-order valence-electron chi connectivity index (χ4n) is 3.99. The number of nitrogens with zero attached hydrogens (tertiary/aromatic N) is 3. The lowest BCUT2D eigenvalue weighted by atomic mass is 9.80. The largest absolute Gasteiger partial charge is 0.492 e. The van der Waals surface area contributed by atoms with E-state index in [2.05, 4.69) is 19.9 Å². The Balaban J connectivity index is 1.60. The van der Waals surface area contributed by atoms with Gasteiger partial charge in [-0.1, -0.05) is 19.9 Å². The first-order valence-electron chi connectivity index (χ1n) is 11.7. The molecule has 1 unspecified atom stereocenters. The molecule has 4 rings (SSSR count). The average molecular weight is 513 g/mol. The average Bonchev–Trinajstić information content (AvgIpc) is 3.30. The van der Waals surface area contributed by atoms with Crippen molar-refractivity contribution in [3.05, 3.63) is 72.6 Å². The summed E-state index contributed by atoms with van der Waals surface area (Å²) in [5.74, 6) is -0.875. The Hall–Kier alpha value is -3.99. The number of nitrogens with one attached hydrogen (secondary N) is 2. The van der Waals surface area contributed by atoms with Crippen LogP contribution in [0.15, 0.2) is 61.3 Å². The summed E-state index contributed by atoms with van der Waals surface area (Å²) in [7, 11) is 0. The van der Waals surface area contributed by atoms with E-state index >= 15 is 0 Å². The van der Waals surface area contributed by atoms with Crippen LogP contribution in [0.3, 0.4) is 0 Å². The zero-order valence-corrected chi connectivity index (χ0v) is 20.3. The summed E-state index contributed by atoms with van der Waals surface area (Å²) in [6.07, 6.45) is 4.16. The Kier molecular flexibility index (Phi) is 7.44. The number of pyridine rings is 3. The summed E-state index contributed by atoms with van der Waals surface area (Å²) in [5.41, 5.74) is 7.88. The van der Waals surface area contributed by atoms with Crippen molar-refractivity contribution >= 4 is 16.9 Å². The molecule has 0 aromatic carbocycles. The van der Waals surface area contributed by atoms with Crippen LogP contribution in [0.1, 0.15) is 25.1 Å². The molecule has 1 atom stereocenters. The quantitative estimate of drug-likeness (QED) is 0.310. The third-order valence-electron chi connectivity index (χ3n) is 6.12. The number of hydrogen-bond acceptors (Lipinski definition) is 6. The van der Waals surface area contributed by atoms with Crippen LogP contribution in [0.4, 0.5) is 13.2 Å². The molecule has 4 heterocycles. The van der Waals surface area contributed by atoms with E-state index in [-0.39, 0.29) is 0 Å². The summed E-state index contributed by atoms with van der Waals surface area (Å²) in [6.45, 7) is 2.29. The first-order chi connectivity index (χ1) is 17.6. The van der Waals surface area contributed by atoms with Gasteiger partial charge < -0.3 is 20.8 Å². The maximum absolute atomic E-state index is 12.8. The number of alkyl halides is 3.